The third kappa shape index (κ3) is 3.50. The third-order valence-electron chi connectivity index (χ3n) is 7.12. The molecule has 3 aliphatic heterocycles. The molecule has 6 heteroatoms. The molecular formula is C27H25N3O3. The van der Waals surface area contributed by atoms with Gasteiger partial charge in [0.15, 0.2) is 11.5 Å². The van der Waals surface area contributed by atoms with E-state index < -0.39 is 0 Å². The van der Waals surface area contributed by atoms with E-state index in [1.165, 1.54) is 11.1 Å². The van der Waals surface area contributed by atoms with Crippen molar-refractivity contribution in [2.75, 3.05) is 25.3 Å². The lowest BCUT2D eigenvalue weighted by Crippen LogP contribution is -2.41. The summed E-state index contributed by atoms with van der Waals surface area (Å²) in [5.74, 6) is 1.94. The van der Waals surface area contributed by atoms with Crippen molar-refractivity contribution in [3.8, 4) is 28.7 Å². The van der Waals surface area contributed by atoms with Gasteiger partial charge in [-0.3, -0.25) is 4.90 Å². The normalized spacial score (nSPS) is 22.8. The summed E-state index contributed by atoms with van der Waals surface area (Å²) in [5.41, 5.74) is 6.32. The molecule has 2 N–H and O–H groups in total. The van der Waals surface area contributed by atoms with Crippen LogP contribution in [0.3, 0.4) is 0 Å². The largest absolute Gasteiger partial charge is 0.454 e. The molecule has 0 unspecified atom stereocenters. The zero-order valence-electron chi connectivity index (χ0n) is 18.2. The zero-order chi connectivity index (χ0) is 22.4. The quantitative estimate of drug-likeness (QED) is 0.631. The molecule has 3 atom stereocenters. The van der Waals surface area contributed by atoms with Gasteiger partial charge in [-0.15, -0.1) is 0 Å². The van der Waals surface area contributed by atoms with Crippen LogP contribution in [0.5, 0.6) is 11.5 Å². The van der Waals surface area contributed by atoms with E-state index in [0.29, 0.717) is 11.5 Å². The molecule has 6 nitrogen and oxygen atoms in total. The Balaban J connectivity index is 1.36. The maximum absolute atomic E-state index is 10.1. The minimum atomic E-state index is 0.0389. The monoisotopic (exact) mass is 439 g/mol. The second-order valence-corrected chi connectivity index (χ2v) is 8.98. The van der Waals surface area contributed by atoms with Crippen molar-refractivity contribution in [3.63, 3.8) is 0 Å². The number of nitrogens with zero attached hydrogens (tertiary/aromatic N) is 2. The van der Waals surface area contributed by atoms with Crippen LogP contribution in [0.2, 0.25) is 0 Å². The Morgan fingerprint density at radius 1 is 1.03 bits per heavy atom. The Morgan fingerprint density at radius 2 is 1.91 bits per heavy atom. The van der Waals surface area contributed by atoms with Gasteiger partial charge in [-0.05, 0) is 71.6 Å². The number of benzene rings is 3. The Kier molecular flexibility index (Phi) is 4.94. The van der Waals surface area contributed by atoms with Gasteiger partial charge in [0.05, 0.1) is 24.3 Å². The molecule has 3 aliphatic rings. The van der Waals surface area contributed by atoms with Crippen LogP contribution in [0.15, 0.2) is 60.7 Å². The number of hydrogen-bond donors (Lipinski definition) is 2. The molecule has 0 aliphatic carbocycles. The molecule has 0 radical (unpaired) electrons. The number of anilines is 1. The lowest BCUT2D eigenvalue weighted by atomic mass is 9.82. The highest BCUT2D eigenvalue weighted by Crippen LogP contribution is 2.48. The summed E-state index contributed by atoms with van der Waals surface area (Å²) in [6.45, 7) is 2.17. The lowest BCUT2D eigenvalue weighted by Gasteiger charge is -2.39. The zero-order valence-corrected chi connectivity index (χ0v) is 18.2. The molecule has 0 saturated carbocycles. The van der Waals surface area contributed by atoms with Crippen LogP contribution in [0.4, 0.5) is 5.69 Å². The van der Waals surface area contributed by atoms with Gasteiger partial charge in [0.25, 0.3) is 0 Å². The summed E-state index contributed by atoms with van der Waals surface area (Å²) < 4.78 is 11.0. The minimum Gasteiger partial charge on any atom is -0.454 e. The van der Waals surface area contributed by atoms with E-state index in [1.807, 2.05) is 30.3 Å². The predicted octanol–water partition coefficient (Wildman–Crippen LogP) is 4.30. The Hall–Kier alpha value is -3.53. The Labute approximate surface area is 193 Å². The number of ether oxygens (including phenoxy) is 2. The molecule has 33 heavy (non-hydrogen) atoms. The summed E-state index contributed by atoms with van der Waals surface area (Å²) in [6.07, 6.45) is 1.03. The van der Waals surface area contributed by atoms with Gasteiger partial charge in [-0.1, -0.05) is 24.3 Å². The van der Waals surface area contributed by atoms with E-state index >= 15 is 0 Å². The molecule has 166 valence electrons. The molecule has 3 aromatic carbocycles. The van der Waals surface area contributed by atoms with Gasteiger partial charge >= 0.3 is 0 Å². The van der Waals surface area contributed by atoms with Crippen molar-refractivity contribution in [3.05, 3.63) is 77.4 Å². The van der Waals surface area contributed by atoms with Crippen LogP contribution < -0.4 is 14.8 Å². The topological polar surface area (TPSA) is 77.8 Å². The average Bonchev–Trinajstić information content (AvgIpc) is 3.50. The third-order valence-corrected chi connectivity index (χ3v) is 7.12. The van der Waals surface area contributed by atoms with Crippen molar-refractivity contribution in [1.29, 1.82) is 5.26 Å². The number of aliphatic hydroxyl groups excluding tert-OH is 1. The highest BCUT2D eigenvalue weighted by atomic mass is 16.7. The molecule has 0 amide bonds. The SMILES string of the molecule is N#Cc1cccc(-c2ccc3c(c2)[C@H]2[C@H](CCN2Cc2ccc4c(c2)OCO4)[C@@H](CO)N3)c1. The minimum absolute atomic E-state index is 0.0389. The maximum Gasteiger partial charge on any atom is 0.231 e. The second-order valence-electron chi connectivity index (χ2n) is 8.98. The van der Waals surface area contributed by atoms with E-state index in [4.69, 9.17) is 9.47 Å². The second kappa shape index (κ2) is 8.11. The molecule has 0 aromatic heterocycles. The van der Waals surface area contributed by atoms with Crippen LogP contribution >= 0.6 is 0 Å². The first-order chi connectivity index (χ1) is 16.2. The number of fused-ring (bicyclic) bond motifs is 4. The van der Waals surface area contributed by atoms with Gasteiger partial charge in [-0.2, -0.15) is 5.26 Å². The molecule has 3 heterocycles. The first kappa shape index (κ1) is 20.1. The van der Waals surface area contributed by atoms with Crippen molar-refractivity contribution >= 4 is 5.69 Å². The highest BCUT2D eigenvalue weighted by molar-refractivity contribution is 5.71. The Morgan fingerprint density at radius 3 is 2.79 bits per heavy atom. The van der Waals surface area contributed by atoms with Crippen LogP contribution in [0.25, 0.3) is 11.1 Å². The average molecular weight is 440 g/mol. The van der Waals surface area contributed by atoms with Crippen molar-refractivity contribution in [1.82, 2.24) is 4.90 Å². The number of aliphatic hydroxyl groups is 1. The van der Waals surface area contributed by atoms with E-state index in [9.17, 15) is 10.4 Å². The highest BCUT2D eigenvalue weighted by Gasteiger charge is 2.43. The van der Waals surface area contributed by atoms with Crippen LogP contribution in [-0.4, -0.2) is 36.0 Å². The fraction of sp³-hybridized carbons (Fsp3) is 0.296. The summed E-state index contributed by atoms with van der Waals surface area (Å²) in [6, 6.07) is 22.8. The predicted molar refractivity (Wildman–Crippen MR) is 125 cm³/mol. The summed E-state index contributed by atoms with van der Waals surface area (Å²) in [7, 11) is 0. The van der Waals surface area contributed by atoms with Gasteiger partial charge in [0.2, 0.25) is 6.79 Å². The summed E-state index contributed by atoms with van der Waals surface area (Å²) in [5, 5.41) is 23.0. The molecule has 3 aromatic rings. The molecule has 1 saturated heterocycles. The molecule has 6 rings (SSSR count). The van der Waals surface area contributed by atoms with Crippen molar-refractivity contribution in [2.24, 2.45) is 5.92 Å². The summed E-state index contributed by atoms with van der Waals surface area (Å²) in [4.78, 5) is 2.51. The van der Waals surface area contributed by atoms with Gasteiger partial charge in [0.1, 0.15) is 0 Å². The van der Waals surface area contributed by atoms with E-state index in [1.54, 1.807) is 0 Å². The maximum atomic E-state index is 10.1. The fourth-order valence-electron chi connectivity index (χ4n) is 5.56. The molecular weight excluding hydrogens is 414 g/mol. The van der Waals surface area contributed by atoms with E-state index in [0.717, 1.165) is 47.8 Å². The van der Waals surface area contributed by atoms with Gasteiger partial charge < -0.3 is 19.9 Å². The molecule has 0 bridgehead atoms. The number of rotatable bonds is 4. The fourth-order valence-corrected chi connectivity index (χ4v) is 5.56. The van der Waals surface area contributed by atoms with Crippen LogP contribution in [0, 0.1) is 17.2 Å². The van der Waals surface area contributed by atoms with Gasteiger partial charge in [-0.25, -0.2) is 0 Å². The van der Waals surface area contributed by atoms with Gasteiger partial charge in [0, 0.05) is 24.2 Å². The van der Waals surface area contributed by atoms with E-state index in [2.05, 4.69) is 46.6 Å². The number of likely N-dealkylation sites (tertiary alicyclic amines) is 1. The number of nitriles is 1. The summed E-state index contributed by atoms with van der Waals surface area (Å²) >= 11 is 0. The van der Waals surface area contributed by atoms with Crippen molar-refractivity contribution in [2.45, 2.75) is 25.0 Å². The lowest BCUT2D eigenvalue weighted by molar-refractivity contribution is 0.171. The number of hydrogen-bond acceptors (Lipinski definition) is 6. The van der Waals surface area contributed by atoms with E-state index in [-0.39, 0.29) is 25.5 Å². The van der Waals surface area contributed by atoms with Crippen molar-refractivity contribution < 1.29 is 14.6 Å². The first-order valence-electron chi connectivity index (χ1n) is 11.4. The molecule has 1 fully saturated rings. The first-order valence-corrected chi connectivity index (χ1v) is 11.4. The Bertz CT molecular complexity index is 1250. The smallest absolute Gasteiger partial charge is 0.231 e. The van der Waals surface area contributed by atoms with Crippen LogP contribution in [-0.2, 0) is 6.54 Å². The molecule has 0 spiro atoms. The van der Waals surface area contributed by atoms with Crippen LogP contribution in [0.1, 0.15) is 29.2 Å². The standard InChI is InChI=1S/C27H25N3O3/c28-13-17-2-1-3-19(10-17)20-5-6-23-22(12-20)27-21(24(15-31)29-23)8-9-30(27)14-18-4-7-25-26(11-18)33-16-32-25/h1-7,10-12,21,24,27,29,31H,8-9,14-16H2/t21-,24-,27-/m1/s1. The number of nitrogens with one attached hydrogen (secondary N) is 1.